The Labute approximate surface area is 109 Å². The van der Waals surface area contributed by atoms with Gasteiger partial charge in [-0.05, 0) is 19.1 Å². The van der Waals surface area contributed by atoms with Gasteiger partial charge in [0.15, 0.2) is 0 Å². The molecule has 0 aliphatic carbocycles. The third-order valence-electron chi connectivity index (χ3n) is 2.09. The van der Waals surface area contributed by atoms with Crippen molar-refractivity contribution in [2.24, 2.45) is 0 Å². The number of nitrogens with one attached hydrogen (secondary N) is 1. The average Bonchev–Trinajstić information content (AvgIpc) is 2.36. The van der Waals surface area contributed by atoms with Gasteiger partial charge in [0.2, 0.25) is 0 Å². The Hall–Kier alpha value is -1.23. The maximum Gasteiger partial charge on any atom is 0.321 e. The van der Waals surface area contributed by atoms with E-state index in [0.717, 1.165) is 11.4 Å². The normalized spacial score (nSPS) is 11.7. The summed E-state index contributed by atoms with van der Waals surface area (Å²) in [6.45, 7) is 3.03. The smallest absolute Gasteiger partial charge is 0.321 e. The quantitative estimate of drug-likeness (QED) is 0.647. The van der Waals surface area contributed by atoms with E-state index in [9.17, 15) is 4.79 Å². The molecular weight excluding hydrogens is 286 g/mol. The van der Waals surface area contributed by atoms with E-state index in [-0.39, 0.29) is 10.8 Å². The van der Waals surface area contributed by atoms with Crippen molar-refractivity contribution in [3.63, 3.8) is 0 Å². The molecule has 5 heteroatoms. The molecule has 0 fully saturated rings. The first kappa shape index (κ1) is 13.8. The summed E-state index contributed by atoms with van der Waals surface area (Å²) < 4.78 is 9.99. The van der Waals surface area contributed by atoms with Crippen molar-refractivity contribution in [1.29, 1.82) is 0 Å². The van der Waals surface area contributed by atoms with Gasteiger partial charge in [0.25, 0.3) is 0 Å². The molecule has 1 aromatic carbocycles. The van der Waals surface area contributed by atoms with E-state index in [1.165, 1.54) is 7.11 Å². The van der Waals surface area contributed by atoms with Crippen LogP contribution in [0.5, 0.6) is 5.75 Å². The van der Waals surface area contributed by atoms with Gasteiger partial charge in [-0.15, -0.1) is 0 Å². The summed E-state index contributed by atoms with van der Waals surface area (Å²) in [4.78, 5) is 10.8. The zero-order valence-electron chi connectivity index (χ0n) is 9.90. The van der Waals surface area contributed by atoms with E-state index < -0.39 is 0 Å². The predicted molar refractivity (Wildman–Crippen MR) is 70.8 cm³/mol. The molecule has 0 aliphatic heterocycles. The average molecular weight is 302 g/mol. The van der Waals surface area contributed by atoms with E-state index in [2.05, 4.69) is 26.0 Å². The second-order valence-corrected chi connectivity index (χ2v) is 4.44. The molecule has 0 saturated heterocycles. The number of carbonyl (C=O) groups is 1. The molecule has 0 amide bonds. The van der Waals surface area contributed by atoms with Crippen LogP contribution in [-0.2, 0) is 9.53 Å². The van der Waals surface area contributed by atoms with E-state index in [0.29, 0.717) is 13.2 Å². The second-order valence-electron chi connectivity index (χ2n) is 3.33. The molecule has 1 rings (SSSR count). The maximum atomic E-state index is 11.2. The molecule has 0 spiro atoms. The van der Waals surface area contributed by atoms with Gasteiger partial charge in [0.1, 0.15) is 10.6 Å². The number of rotatable bonds is 6. The van der Waals surface area contributed by atoms with Crippen LogP contribution in [0.15, 0.2) is 24.3 Å². The predicted octanol–water partition coefficient (Wildman–Crippen LogP) is 2.43. The molecule has 0 bridgehead atoms. The molecule has 94 valence electrons. The van der Waals surface area contributed by atoms with Crippen LogP contribution in [0.25, 0.3) is 0 Å². The van der Waals surface area contributed by atoms with Crippen molar-refractivity contribution in [3.05, 3.63) is 24.3 Å². The summed E-state index contributed by atoms with van der Waals surface area (Å²) in [6, 6.07) is 7.59. The fourth-order valence-electron chi connectivity index (χ4n) is 1.28. The Kier molecular flexibility index (Phi) is 5.83. The zero-order valence-corrected chi connectivity index (χ0v) is 11.5. The van der Waals surface area contributed by atoms with Crippen LogP contribution < -0.4 is 10.1 Å². The fourth-order valence-corrected chi connectivity index (χ4v) is 1.63. The van der Waals surface area contributed by atoms with Crippen molar-refractivity contribution < 1.29 is 14.3 Å². The van der Waals surface area contributed by atoms with Crippen molar-refractivity contribution in [1.82, 2.24) is 0 Å². The van der Waals surface area contributed by atoms with E-state index in [4.69, 9.17) is 4.74 Å². The molecule has 1 unspecified atom stereocenters. The number of alkyl halides is 1. The first-order chi connectivity index (χ1) is 8.17. The Balaban J connectivity index is 2.51. The topological polar surface area (TPSA) is 47.6 Å². The molecule has 1 aromatic rings. The Bertz CT molecular complexity index is 371. The Morgan fingerprint density at radius 1 is 1.53 bits per heavy atom. The molecule has 1 N–H and O–H groups in total. The van der Waals surface area contributed by atoms with Gasteiger partial charge < -0.3 is 14.8 Å². The minimum atomic E-state index is -0.358. The summed E-state index contributed by atoms with van der Waals surface area (Å²) in [7, 11) is 1.37. The fraction of sp³-hybridized carbons (Fsp3) is 0.417. The highest BCUT2D eigenvalue weighted by Gasteiger charge is 2.14. The highest BCUT2D eigenvalue weighted by atomic mass is 79.9. The van der Waals surface area contributed by atoms with Gasteiger partial charge in [-0.1, -0.05) is 22.0 Å². The summed E-state index contributed by atoms with van der Waals surface area (Å²) in [5.41, 5.74) is 0.907. The summed E-state index contributed by atoms with van der Waals surface area (Å²) in [5.74, 6) is 0.514. The second kappa shape index (κ2) is 7.17. The zero-order chi connectivity index (χ0) is 12.7. The molecule has 4 nitrogen and oxygen atoms in total. The maximum absolute atomic E-state index is 11.2. The molecule has 17 heavy (non-hydrogen) atoms. The van der Waals surface area contributed by atoms with Gasteiger partial charge in [0, 0.05) is 18.3 Å². The Morgan fingerprint density at radius 3 is 2.94 bits per heavy atom. The summed E-state index contributed by atoms with van der Waals surface area (Å²) in [6.07, 6.45) is 0. The molecular formula is C12H16BrNO3. The van der Waals surface area contributed by atoms with Crippen LogP contribution in [0.2, 0.25) is 0 Å². The number of esters is 1. The number of methoxy groups -OCH3 is 1. The van der Waals surface area contributed by atoms with Crippen molar-refractivity contribution in [2.45, 2.75) is 11.8 Å². The van der Waals surface area contributed by atoms with E-state index in [1.54, 1.807) is 0 Å². The van der Waals surface area contributed by atoms with Gasteiger partial charge in [0.05, 0.1) is 13.7 Å². The molecule has 0 saturated carbocycles. The highest BCUT2D eigenvalue weighted by Crippen LogP contribution is 2.17. The monoisotopic (exact) mass is 301 g/mol. The first-order valence-corrected chi connectivity index (χ1v) is 6.27. The van der Waals surface area contributed by atoms with Crippen LogP contribution >= 0.6 is 15.9 Å². The number of halogens is 1. The largest absolute Gasteiger partial charge is 0.494 e. The number of benzene rings is 1. The SMILES string of the molecule is CCOc1cccc(NCC(Br)C(=O)OC)c1. The third kappa shape index (κ3) is 4.65. The lowest BCUT2D eigenvalue weighted by atomic mass is 10.3. The van der Waals surface area contributed by atoms with Gasteiger partial charge >= 0.3 is 5.97 Å². The van der Waals surface area contributed by atoms with Crippen molar-refractivity contribution in [2.75, 3.05) is 25.6 Å². The Morgan fingerprint density at radius 2 is 2.29 bits per heavy atom. The minimum absolute atomic E-state index is 0.293. The standard InChI is InChI=1S/C12H16BrNO3/c1-3-17-10-6-4-5-9(7-10)14-8-11(13)12(15)16-2/h4-7,11,14H,3,8H2,1-2H3. The van der Waals surface area contributed by atoms with E-state index in [1.807, 2.05) is 31.2 Å². The van der Waals surface area contributed by atoms with Crippen LogP contribution in [0.4, 0.5) is 5.69 Å². The lowest BCUT2D eigenvalue weighted by Crippen LogP contribution is -2.24. The van der Waals surface area contributed by atoms with Gasteiger partial charge in [-0.2, -0.15) is 0 Å². The van der Waals surface area contributed by atoms with Gasteiger partial charge in [-0.3, -0.25) is 4.79 Å². The molecule has 0 aromatic heterocycles. The van der Waals surface area contributed by atoms with Crippen LogP contribution in [0.1, 0.15) is 6.92 Å². The first-order valence-electron chi connectivity index (χ1n) is 5.36. The summed E-state index contributed by atoms with van der Waals surface area (Å²) >= 11 is 3.24. The number of hydrogen-bond acceptors (Lipinski definition) is 4. The lowest BCUT2D eigenvalue weighted by molar-refractivity contribution is -0.139. The van der Waals surface area contributed by atoms with Gasteiger partial charge in [-0.25, -0.2) is 0 Å². The highest BCUT2D eigenvalue weighted by molar-refractivity contribution is 9.10. The third-order valence-corrected chi connectivity index (χ3v) is 2.78. The molecule has 0 radical (unpaired) electrons. The van der Waals surface area contributed by atoms with Crippen molar-refractivity contribution in [3.8, 4) is 5.75 Å². The lowest BCUT2D eigenvalue weighted by Gasteiger charge is -2.11. The minimum Gasteiger partial charge on any atom is -0.494 e. The van der Waals surface area contributed by atoms with Crippen LogP contribution in [0, 0.1) is 0 Å². The van der Waals surface area contributed by atoms with E-state index >= 15 is 0 Å². The van der Waals surface area contributed by atoms with Crippen LogP contribution in [-0.4, -0.2) is 31.1 Å². The number of hydrogen-bond donors (Lipinski definition) is 1. The number of carbonyl (C=O) groups excluding carboxylic acids is 1. The van der Waals surface area contributed by atoms with Crippen LogP contribution in [0.3, 0.4) is 0 Å². The number of anilines is 1. The molecule has 1 atom stereocenters. The molecule has 0 aliphatic rings. The molecule has 0 heterocycles. The summed E-state index contributed by atoms with van der Waals surface area (Å²) in [5, 5.41) is 3.13. The number of ether oxygens (including phenoxy) is 2. The van der Waals surface area contributed by atoms with Crippen molar-refractivity contribution >= 4 is 27.6 Å².